The first kappa shape index (κ1) is 13.5. The Morgan fingerprint density at radius 1 is 1.32 bits per heavy atom. The Bertz CT molecular complexity index is 585. The van der Waals surface area contributed by atoms with Crippen LogP contribution >= 0.6 is 11.8 Å². The Morgan fingerprint density at radius 3 is 2.63 bits per heavy atom. The van der Waals surface area contributed by atoms with Gasteiger partial charge in [-0.25, -0.2) is 0 Å². The molecule has 5 nitrogen and oxygen atoms in total. The standard InChI is InChI=1S/C13H12N2O3S/c1-9(16)11-7-6-10(8-14-11)19-13-5-3-2-4-12(13)15(17)18/h2-9,16H,1H3/t9-/m1/s1. The van der Waals surface area contributed by atoms with Gasteiger partial charge in [-0.3, -0.25) is 15.1 Å². The molecule has 1 N–H and O–H groups in total. The fourth-order valence-corrected chi connectivity index (χ4v) is 2.41. The van der Waals surface area contributed by atoms with Gasteiger partial charge in [0.2, 0.25) is 0 Å². The summed E-state index contributed by atoms with van der Waals surface area (Å²) in [6.07, 6.45) is 0.980. The van der Waals surface area contributed by atoms with Crippen molar-refractivity contribution in [3.05, 3.63) is 58.4 Å². The Kier molecular flexibility index (Phi) is 4.13. The van der Waals surface area contributed by atoms with E-state index in [0.29, 0.717) is 10.6 Å². The molecule has 0 aliphatic carbocycles. The molecule has 0 spiro atoms. The molecule has 0 saturated heterocycles. The predicted molar refractivity (Wildman–Crippen MR) is 72.1 cm³/mol. The van der Waals surface area contributed by atoms with E-state index in [1.54, 1.807) is 43.5 Å². The van der Waals surface area contributed by atoms with E-state index in [1.165, 1.54) is 17.8 Å². The molecule has 0 saturated carbocycles. The van der Waals surface area contributed by atoms with Crippen LogP contribution in [0.3, 0.4) is 0 Å². The molecule has 1 heterocycles. The lowest BCUT2D eigenvalue weighted by molar-refractivity contribution is -0.387. The van der Waals surface area contributed by atoms with Gasteiger partial charge >= 0.3 is 0 Å². The number of benzene rings is 1. The summed E-state index contributed by atoms with van der Waals surface area (Å²) in [5, 5.41) is 20.3. The summed E-state index contributed by atoms with van der Waals surface area (Å²) in [5.74, 6) is 0. The number of nitro groups is 1. The quantitative estimate of drug-likeness (QED) is 0.685. The van der Waals surface area contributed by atoms with Crippen LogP contribution in [0.4, 0.5) is 5.69 Å². The molecule has 0 bridgehead atoms. The number of para-hydroxylation sites is 1. The van der Waals surface area contributed by atoms with Gasteiger partial charge in [-0.1, -0.05) is 23.9 Å². The molecular formula is C13H12N2O3S. The molecule has 0 aliphatic heterocycles. The van der Waals surface area contributed by atoms with Crippen LogP contribution < -0.4 is 0 Å². The van der Waals surface area contributed by atoms with Crippen molar-refractivity contribution < 1.29 is 10.0 Å². The van der Waals surface area contributed by atoms with Gasteiger partial charge in [0.15, 0.2) is 0 Å². The van der Waals surface area contributed by atoms with Crippen molar-refractivity contribution in [2.45, 2.75) is 22.8 Å². The number of aromatic nitrogens is 1. The number of nitrogens with zero attached hydrogens (tertiary/aromatic N) is 2. The lowest BCUT2D eigenvalue weighted by Crippen LogP contribution is -1.94. The van der Waals surface area contributed by atoms with Gasteiger partial charge in [0.05, 0.1) is 21.6 Å². The van der Waals surface area contributed by atoms with E-state index in [4.69, 9.17) is 0 Å². The van der Waals surface area contributed by atoms with E-state index in [9.17, 15) is 15.2 Å². The van der Waals surface area contributed by atoms with E-state index in [1.807, 2.05) is 0 Å². The minimum atomic E-state index is -0.620. The van der Waals surface area contributed by atoms with Crippen molar-refractivity contribution in [2.24, 2.45) is 0 Å². The number of aliphatic hydroxyl groups excluding tert-OH is 1. The van der Waals surface area contributed by atoms with Crippen LogP contribution in [0.25, 0.3) is 0 Å². The maximum absolute atomic E-state index is 10.9. The van der Waals surface area contributed by atoms with Crippen LogP contribution in [-0.4, -0.2) is 15.0 Å². The largest absolute Gasteiger partial charge is 0.387 e. The molecule has 6 heteroatoms. The zero-order chi connectivity index (χ0) is 13.8. The van der Waals surface area contributed by atoms with Crippen LogP contribution in [0.5, 0.6) is 0 Å². The molecule has 1 aromatic heterocycles. The summed E-state index contributed by atoms with van der Waals surface area (Å²) in [6.45, 7) is 1.64. The Hall–Kier alpha value is -1.92. The second-order valence-electron chi connectivity index (χ2n) is 3.92. The number of rotatable bonds is 4. The Morgan fingerprint density at radius 2 is 2.05 bits per heavy atom. The maximum Gasteiger partial charge on any atom is 0.283 e. The number of hydrogen-bond acceptors (Lipinski definition) is 5. The van der Waals surface area contributed by atoms with Crippen LogP contribution in [0.15, 0.2) is 52.4 Å². The van der Waals surface area contributed by atoms with Crippen LogP contribution in [-0.2, 0) is 0 Å². The summed E-state index contributed by atoms with van der Waals surface area (Å²) < 4.78 is 0. The van der Waals surface area contributed by atoms with Crippen LogP contribution in [0, 0.1) is 10.1 Å². The van der Waals surface area contributed by atoms with Gasteiger partial charge in [-0.2, -0.15) is 0 Å². The summed E-state index contributed by atoms with van der Waals surface area (Å²) in [5.41, 5.74) is 0.652. The minimum absolute atomic E-state index is 0.0760. The van der Waals surface area contributed by atoms with Crippen molar-refractivity contribution >= 4 is 17.4 Å². The third-order valence-electron chi connectivity index (χ3n) is 2.48. The summed E-state index contributed by atoms with van der Waals surface area (Å²) in [4.78, 5) is 16.0. The maximum atomic E-state index is 10.9. The molecule has 98 valence electrons. The van der Waals surface area contributed by atoms with Crippen LogP contribution in [0.1, 0.15) is 18.7 Å². The molecule has 0 radical (unpaired) electrons. The molecule has 0 amide bonds. The van der Waals surface area contributed by atoms with Gasteiger partial charge in [0.25, 0.3) is 5.69 Å². The second-order valence-corrected chi connectivity index (χ2v) is 5.04. The van der Waals surface area contributed by atoms with E-state index >= 15 is 0 Å². The zero-order valence-electron chi connectivity index (χ0n) is 10.2. The first-order valence-electron chi connectivity index (χ1n) is 5.63. The lowest BCUT2D eigenvalue weighted by Gasteiger charge is -2.05. The predicted octanol–water partition coefficient (Wildman–Crippen LogP) is 3.19. The van der Waals surface area contributed by atoms with Gasteiger partial charge in [0.1, 0.15) is 0 Å². The van der Waals surface area contributed by atoms with Gasteiger partial charge in [-0.05, 0) is 25.1 Å². The van der Waals surface area contributed by atoms with E-state index < -0.39 is 11.0 Å². The molecule has 0 fully saturated rings. The summed E-state index contributed by atoms with van der Waals surface area (Å²) in [6, 6.07) is 10.1. The van der Waals surface area contributed by atoms with Crippen molar-refractivity contribution in [1.29, 1.82) is 0 Å². The monoisotopic (exact) mass is 276 g/mol. The number of nitro benzene ring substituents is 1. The first-order chi connectivity index (χ1) is 9.08. The molecular weight excluding hydrogens is 264 g/mol. The Labute approximate surface area is 114 Å². The fourth-order valence-electron chi connectivity index (χ4n) is 1.52. The average molecular weight is 276 g/mol. The van der Waals surface area contributed by atoms with Gasteiger partial charge in [0, 0.05) is 17.2 Å². The van der Waals surface area contributed by atoms with Crippen molar-refractivity contribution in [3.8, 4) is 0 Å². The molecule has 0 aliphatic rings. The first-order valence-corrected chi connectivity index (χ1v) is 6.45. The third-order valence-corrected chi connectivity index (χ3v) is 3.52. The summed E-state index contributed by atoms with van der Waals surface area (Å²) >= 11 is 1.28. The zero-order valence-corrected chi connectivity index (χ0v) is 11.0. The lowest BCUT2D eigenvalue weighted by atomic mass is 10.2. The van der Waals surface area contributed by atoms with Gasteiger partial charge < -0.3 is 5.11 Å². The van der Waals surface area contributed by atoms with E-state index in [-0.39, 0.29) is 5.69 Å². The highest BCUT2D eigenvalue weighted by Crippen LogP contribution is 2.34. The van der Waals surface area contributed by atoms with Crippen molar-refractivity contribution in [3.63, 3.8) is 0 Å². The van der Waals surface area contributed by atoms with Crippen molar-refractivity contribution in [1.82, 2.24) is 4.98 Å². The van der Waals surface area contributed by atoms with E-state index in [0.717, 1.165) is 4.90 Å². The molecule has 1 atom stereocenters. The Balaban J connectivity index is 2.24. The molecule has 2 aromatic rings. The van der Waals surface area contributed by atoms with Crippen molar-refractivity contribution in [2.75, 3.05) is 0 Å². The normalized spacial score (nSPS) is 12.1. The van der Waals surface area contributed by atoms with Gasteiger partial charge in [-0.15, -0.1) is 0 Å². The molecule has 0 unspecified atom stereocenters. The number of aliphatic hydroxyl groups is 1. The van der Waals surface area contributed by atoms with Crippen LogP contribution in [0.2, 0.25) is 0 Å². The highest BCUT2D eigenvalue weighted by atomic mass is 32.2. The molecule has 19 heavy (non-hydrogen) atoms. The molecule has 2 rings (SSSR count). The third kappa shape index (κ3) is 3.30. The highest BCUT2D eigenvalue weighted by Gasteiger charge is 2.13. The highest BCUT2D eigenvalue weighted by molar-refractivity contribution is 7.99. The minimum Gasteiger partial charge on any atom is -0.387 e. The molecule has 1 aromatic carbocycles. The summed E-state index contributed by atoms with van der Waals surface area (Å²) in [7, 11) is 0. The average Bonchev–Trinajstić information content (AvgIpc) is 2.39. The van der Waals surface area contributed by atoms with E-state index in [2.05, 4.69) is 4.98 Å². The number of pyridine rings is 1. The topological polar surface area (TPSA) is 76.3 Å². The fraction of sp³-hybridized carbons (Fsp3) is 0.154. The second kappa shape index (κ2) is 5.81. The smallest absolute Gasteiger partial charge is 0.283 e. The SMILES string of the molecule is C[C@@H](O)c1ccc(Sc2ccccc2[N+](=O)[O-])cn1. The number of hydrogen-bond donors (Lipinski definition) is 1.